The van der Waals surface area contributed by atoms with Gasteiger partial charge in [0.25, 0.3) is 5.91 Å². The summed E-state index contributed by atoms with van der Waals surface area (Å²) >= 11 is 1.30. The Morgan fingerprint density at radius 3 is 2.32 bits per heavy atom. The Labute approximate surface area is 220 Å². The van der Waals surface area contributed by atoms with E-state index >= 15 is 0 Å². The highest BCUT2D eigenvalue weighted by molar-refractivity contribution is 7.12. The predicted octanol–water partition coefficient (Wildman–Crippen LogP) is 5.03. The number of nitrogens with zero attached hydrogens (tertiary/aromatic N) is 1. The number of furan rings is 1. The summed E-state index contributed by atoms with van der Waals surface area (Å²) in [7, 11) is 0. The van der Waals surface area contributed by atoms with E-state index in [0.717, 1.165) is 17.5 Å². The van der Waals surface area contributed by atoms with Crippen molar-refractivity contribution in [1.82, 2.24) is 10.6 Å². The van der Waals surface area contributed by atoms with E-state index in [9.17, 15) is 14.4 Å². The SMILES string of the molecule is CCc1ccc(N(C(=O)CNC(=O)c2cccs2)[C@H](C(=O)NCc2ccco2)c2ccc(C)cc2)cc1. The number of rotatable bonds is 10. The van der Waals surface area contributed by atoms with Gasteiger partial charge in [0.15, 0.2) is 0 Å². The van der Waals surface area contributed by atoms with Gasteiger partial charge in [-0.3, -0.25) is 19.3 Å². The van der Waals surface area contributed by atoms with Gasteiger partial charge in [-0.25, -0.2) is 0 Å². The first-order valence-corrected chi connectivity index (χ1v) is 12.9. The third kappa shape index (κ3) is 6.54. The van der Waals surface area contributed by atoms with Crippen molar-refractivity contribution in [2.75, 3.05) is 11.4 Å². The van der Waals surface area contributed by atoms with Gasteiger partial charge in [0, 0.05) is 5.69 Å². The lowest BCUT2D eigenvalue weighted by molar-refractivity contribution is -0.126. The summed E-state index contributed by atoms with van der Waals surface area (Å²) in [6, 6.07) is 21.1. The minimum atomic E-state index is -0.964. The van der Waals surface area contributed by atoms with Crippen molar-refractivity contribution >= 4 is 34.7 Å². The zero-order chi connectivity index (χ0) is 26.2. The molecule has 0 aliphatic carbocycles. The molecule has 1 atom stereocenters. The normalized spacial score (nSPS) is 11.5. The van der Waals surface area contributed by atoms with Crippen molar-refractivity contribution in [1.29, 1.82) is 0 Å². The van der Waals surface area contributed by atoms with Crippen LogP contribution in [0.4, 0.5) is 5.69 Å². The van der Waals surface area contributed by atoms with Crippen LogP contribution in [0, 0.1) is 6.92 Å². The monoisotopic (exact) mass is 515 g/mol. The fourth-order valence-electron chi connectivity index (χ4n) is 3.92. The molecule has 2 N–H and O–H groups in total. The van der Waals surface area contributed by atoms with Crippen molar-refractivity contribution in [3.8, 4) is 0 Å². The molecular formula is C29H29N3O4S. The third-order valence-electron chi connectivity index (χ3n) is 5.95. The van der Waals surface area contributed by atoms with Gasteiger partial charge in [-0.05, 0) is 60.2 Å². The van der Waals surface area contributed by atoms with Gasteiger partial charge >= 0.3 is 0 Å². The first-order chi connectivity index (χ1) is 18.0. The van der Waals surface area contributed by atoms with Gasteiger partial charge in [-0.15, -0.1) is 11.3 Å². The first-order valence-electron chi connectivity index (χ1n) is 12.1. The molecule has 0 saturated carbocycles. The largest absolute Gasteiger partial charge is 0.467 e. The molecule has 0 aliphatic heterocycles. The lowest BCUT2D eigenvalue weighted by Gasteiger charge is -2.32. The summed E-state index contributed by atoms with van der Waals surface area (Å²) in [5, 5.41) is 7.40. The summed E-state index contributed by atoms with van der Waals surface area (Å²) in [5.74, 6) is -0.506. The number of hydrogen-bond donors (Lipinski definition) is 2. The first kappa shape index (κ1) is 25.9. The van der Waals surface area contributed by atoms with Crippen LogP contribution in [0.3, 0.4) is 0 Å². The zero-order valence-electron chi connectivity index (χ0n) is 20.8. The molecule has 8 heteroatoms. The van der Waals surface area contributed by atoms with Crippen LogP contribution in [-0.2, 0) is 22.6 Å². The summed E-state index contributed by atoms with van der Waals surface area (Å²) in [6.07, 6.45) is 2.39. The Kier molecular flexibility index (Phi) is 8.53. The molecule has 0 bridgehead atoms. The van der Waals surface area contributed by atoms with E-state index in [1.54, 1.807) is 35.9 Å². The van der Waals surface area contributed by atoms with Crippen LogP contribution in [0.25, 0.3) is 0 Å². The van der Waals surface area contributed by atoms with Crippen LogP contribution >= 0.6 is 11.3 Å². The molecule has 37 heavy (non-hydrogen) atoms. The van der Waals surface area contributed by atoms with Crippen LogP contribution in [0.2, 0.25) is 0 Å². The van der Waals surface area contributed by atoms with Crippen LogP contribution in [0.15, 0.2) is 88.9 Å². The number of carbonyl (C=O) groups is 3. The maximum atomic E-state index is 13.7. The third-order valence-corrected chi connectivity index (χ3v) is 6.82. The van der Waals surface area contributed by atoms with Gasteiger partial charge in [0.1, 0.15) is 11.8 Å². The van der Waals surface area contributed by atoms with E-state index in [2.05, 4.69) is 17.6 Å². The lowest BCUT2D eigenvalue weighted by Crippen LogP contribution is -2.47. The molecule has 3 amide bonds. The van der Waals surface area contributed by atoms with E-state index in [1.165, 1.54) is 16.2 Å². The molecule has 0 fully saturated rings. The van der Waals surface area contributed by atoms with E-state index in [-0.39, 0.29) is 24.9 Å². The second-order valence-corrected chi connectivity index (χ2v) is 9.50. The molecule has 190 valence electrons. The number of amides is 3. The van der Waals surface area contributed by atoms with Gasteiger partial charge in [-0.1, -0.05) is 55.0 Å². The standard InChI is InChI=1S/C29H29N3O4S/c1-3-21-10-14-23(15-11-21)32(26(33)19-31-28(34)25-7-5-17-37-25)27(22-12-8-20(2)9-13-22)29(35)30-18-24-6-4-16-36-24/h4-17,27H,3,18-19H2,1-2H3,(H,30,35)(H,31,34)/t27-/m0/s1. The van der Waals surface area contributed by atoms with E-state index in [4.69, 9.17) is 4.42 Å². The fourth-order valence-corrected chi connectivity index (χ4v) is 4.56. The summed E-state index contributed by atoms with van der Waals surface area (Å²) < 4.78 is 5.36. The quantitative estimate of drug-likeness (QED) is 0.310. The summed E-state index contributed by atoms with van der Waals surface area (Å²) in [6.45, 7) is 3.93. The molecular weight excluding hydrogens is 486 g/mol. The van der Waals surface area contributed by atoms with Crippen LogP contribution in [0.5, 0.6) is 0 Å². The Morgan fingerprint density at radius 1 is 0.946 bits per heavy atom. The average molecular weight is 516 g/mol. The molecule has 2 aromatic heterocycles. The highest BCUT2D eigenvalue weighted by Crippen LogP contribution is 2.29. The molecule has 0 radical (unpaired) electrons. The Balaban J connectivity index is 1.68. The topological polar surface area (TPSA) is 91.7 Å². The van der Waals surface area contributed by atoms with E-state index in [0.29, 0.717) is 21.9 Å². The molecule has 4 rings (SSSR count). The van der Waals surface area contributed by atoms with Crippen LogP contribution in [-0.4, -0.2) is 24.3 Å². The van der Waals surface area contributed by atoms with Gasteiger partial charge < -0.3 is 15.1 Å². The van der Waals surface area contributed by atoms with Crippen molar-refractivity contribution < 1.29 is 18.8 Å². The number of nitrogens with one attached hydrogen (secondary N) is 2. The second-order valence-electron chi connectivity index (χ2n) is 8.55. The maximum Gasteiger partial charge on any atom is 0.261 e. The molecule has 0 aliphatic rings. The summed E-state index contributed by atoms with van der Waals surface area (Å²) in [5.41, 5.74) is 3.36. The van der Waals surface area contributed by atoms with Crippen LogP contribution in [0.1, 0.15) is 45.1 Å². The van der Waals surface area contributed by atoms with E-state index < -0.39 is 11.9 Å². The number of thiophene rings is 1. The van der Waals surface area contributed by atoms with E-state index in [1.807, 2.05) is 55.5 Å². The number of aryl methyl sites for hydroxylation is 2. The molecule has 2 heterocycles. The number of benzene rings is 2. The molecule has 0 unspecified atom stereocenters. The molecule has 2 aromatic carbocycles. The van der Waals surface area contributed by atoms with Gasteiger partial charge in [-0.2, -0.15) is 0 Å². The van der Waals surface area contributed by atoms with Crippen molar-refractivity contribution in [3.05, 3.63) is 112 Å². The minimum absolute atomic E-state index is 0.181. The zero-order valence-corrected chi connectivity index (χ0v) is 21.6. The minimum Gasteiger partial charge on any atom is -0.467 e. The fraction of sp³-hybridized carbons (Fsp3) is 0.207. The Bertz CT molecular complexity index is 1310. The highest BCUT2D eigenvalue weighted by atomic mass is 32.1. The van der Waals surface area contributed by atoms with Crippen molar-refractivity contribution in [2.24, 2.45) is 0 Å². The molecule has 4 aromatic rings. The predicted molar refractivity (Wildman–Crippen MR) is 144 cm³/mol. The Hall–Kier alpha value is -4.17. The van der Waals surface area contributed by atoms with Crippen LogP contribution < -0.4 is 15.5 Å². The number of anilines is 1. The summed E-state index contributed by atoms with van der Waals surface area (Å²) in [4.78, 5) is 41.9. The number of carbonyl (C=O) groups excluding carboxylic acids is 3. The maximum absolute atomic E-state index is 13.7. The van der Waals surface area contributed by atoms with Crippen molar-refractivity contribution in [2.45, 2.75) is 32.9 Å². The Morgan fingerprint density at radius 2 is 1.70 bits per heavy atom. The number of hydrogen-bond acceptors (Lipinski definition) is 5. The molecule has 7 nitrogen and oxygen atoms in total. The van der Waals surface area contributed by atoms with Gasteiger partial charge in [0.05, 0.1) is 24.2 Å². The van der Waals surface area contributed by atoms with Gasteiger partial charge in [0.2, 0.25) is 11.8 Å². The second kappa shape index (κ2) is 12.2. The molecule has 0 saturated heterocycles. The highest BCUT2D eigenvalue weighted by Gasteiger charge is 2.33. The molecule has 0 spiro atoms. The average Bonchev–Trinajstić information content (AvgIpc) is 3.64. The lowest BCUT2D eigenvalue weighted by atomic mass is 10.0. The smallest absolute Gasteiger partial charge is 0.261 e. The van der Waals surface area contributed by atoms with Crippen molar-refractivity contribution in [3.63, 3.8) is 0 Å².